The number of fused-ring (bicyclic) bond motifs is 1. The molecule has 5 nitrogen and oxygen atoms in total. The number of ketones is 3. The molecular formula is C17H14BrNO4. The molecule has 0 unspecified atom stereocenters. The molecule has 1 aromatic heterocycles. The highest BCUT2D eigenvalue weighted by atomic mass is 79.9. The fourth-order valence-corrected chi connectivity index (χ4v) is 3.32. The Labute approximate surface area is 140 Å². The molecule has 1 aromatic carbocycles. The smallest absolute Gasteiger partial charge is 0.261 e. The van der Waals surface area contributed by atoms with E-state index in [1.807, 2.05) is 0 Å². The van der Waals surface area contributed by atoms with Crippen molar-refractivity contribution in [2.24, 2.45) is 13.0 Å². The van der Waals surface area contributed by atoms with Gasteiger partial charge in [0.15, 0.2) is 17.3 Å². The van der Waals surface area contributed by atoms with Gasteiger partial charge in [0.05, 0.1) is 11.1 Å². The molecular weight excluding hydrogens is 362 g/mol. The Balaban J connectivity index is 2.16. The lowest BCUT2D eigenvalue weighted by molar-refractivity contribution is -0.133. The predicted molar refractivity (Wildman–Crippen MR) is 88.6 cm³/mol. The standard InChI is InChI=1S/C17H14BrNO4/c1-19-12-8-10(18)6-5-9(12)7-11(17(19)23)16(22)15-13(20)3-2-4-14(15)21/h5-8,15H,2-4H2,1H3. The summed E-state index contributed by atoms with van der Waals surface area (Å²) in [5, 5.41) is 0.703. The van der Waals surface area contributed by atoms with E-state index in [0.29, 0.717) is 17.3 Å². The van der Waals surface area contributed by atoms with Gasteiger partial charge in [-0.1, -0.05) is 22.0 Å². The van der Waals surface area contributed by atoms with Crippen LogP contribution in [-0.4, -0.2) is 21.9 Å². The van der Waals surface area contributed by atoms with Crippen molar-refractivity contribution in [3.63, 3.8) is 0 Å². The molecule has 23 heavy (non-hydrogen) atoms. The van der Waals surface area contributed by atoms with Crippen LogP contribution in [0.15, 0.2) is 33.5 Å². The average molecular weight is 376 g/mol. The van der Waals surface area contributed by atoms with Crippen molar-refractivity contribution in [2.45, 2.75) is 19.3 Å². The van der Waals surface area contributed by atoms with E-state index in [4.69, 9.17) is 0 Å². The number of pyridine rings is 1. The summed E-state index contributed by atoms with van der Waals surface area (Å²) >= 11 is 3.35. The Hall–Kier alpha value is -2.08. The third-order valence-corrected chi connectivity index (χ3v) is 4.70. The maximum absolute atomic E-state index is 12.6. The number of benzene rings is 1. The van der Waals surface area contributed by atoms with Gasteiger partial charge in [-0.2, -0.15) is 0 Å². The summed E-state index contributed by atoms with van der Waals surface area (Å²) < 4.78 is 2.18. The lowest BCUT2D eigenvalue weighted by Gasteiger charge is -2.18. The molecule has 1 aliphatic carbocycles. The highest BCUT2D eigenvalue weighted by Gasteiger charge is 2.37. The zero-order chi connectivity index (χ0) is 16.7. The van der Waals surface area contributed by atoms with E-state index in [-0.39, 0.29) is 30.0 Å². The van der Waals surface area contributed by atoms with Crippen molar-refractivity contribution in [3.05, 3.63) is 44.7 Å². The molecule has 1 heterocycles. The van der Waals surface area contributed by atoms with Crippen LogP contribution in [-0.2, 0) is 16.6 Å². The summed E-state index contributed by atoms with van der Waals surface area (Å²) in [6, 6.07) is 6.83. The molecule has 1 saturated carbocycles. The molecule has 0 radical (unpaired) electrons. The summed E-state index contributed by atoms with van der Waals surface area (Å²) in [4.78, 5) is 49.1. The lowest BCUT2D eigenvalue weighted by atomic mass is 9.82. The predicted octanol–water partition coefficient (Wildman–Crippen LogP) is 2.42. The molecule has 0 bridgehead atoms. The Morgan fingerprint density at radius 2 is 1.78 bits per heavy atom. The van der Waals surface area contributed by atoms with Crippen LogP contribution in [0.4, 0.5) is 0 Å². The zero-order valence-electron chi connectivity index (χ0n) is 12.5. The first kappa shape index (κ1) is 15.8. The van der Waals surface area contributed by atoms with Crippen molar-refractivity contribution in [2.75, 3.05) is 0 Å². The molecule has 0 saturated heterocycles. The van der Waals surface area contributed by atoms with Gasteiger partial charge in [-0.05, 0) is 30.0 Å². The van der Waals surface area contributed by atoms with Crippen LogP contribution in [0.3, 0.4) is 0 Å². The van der Waals surface area contributed by atoms with E-state index in [1.165, 1.54) is 10.6 Å². The summed E-state index contributed by atoms with van der Waals surface area (Å²) in [5.41, 5.74) is 0.0740. The number of carbonyl (C=O) groups excluding carboxylic acids is 3. The topological polar surface area (TPSA) is 73.2 Å². The summed E-state index contributed by atoms with van der Waals surface area (Å²) in [6.45, 7) is 0. The van der Waals surface area contributed by atoms with Crippen molar-refractivity contribution in [1.29, 1.82) is 0 Å². The van der Waals surface area contributed by atoms with Gasteiger partial charge in [0.25, 0.3) is 5.56 Å². The summed E-state index contributed by atoms with van der Waals surface area (Å²) in [6.07, 6.45) is 0.900. The maximum atomic E-state index is 12.6. The highest BCUT2D eigenvalue weighted by Crippen LogP contribution is 2.23. The number of rotatable bonds is 2. The fourth-order valence-electron chi connectivity index (χ4n) is 2.97. The molecule has 6 heteroatoms. The normalized spacial score (nSPS) is 16.1. The molecule has 1 aliphatic rings. The van der Waals surface area contributed by atoms with E-state index in [9.17, 15) is 19.2 Å². The minimum Gasteiger partial charge on any atom is -0.311 e. The van der Waals surface area contributed by atoms with E-state index in [1.54, 1.807) is 25.2 Å². The Morgan fingerprint density at radius 3 is 2.43 bits per heavy atom. The van der Waals surface area contributed by atoms with Crippen LogP contribution in [0.1, 0.15) is 29.6 Å². The number of nitrogens with zero attached hydrogens (tertiary/aromatic N) is 1. The quantitative estimate of drug-likeness (QED) is 0.596. The monoisotopic (exact) mass is 375 g/mol. The largest absolute Gasteiger partial charge is 0.311 e. The number of Topliss-reactive ketones (excluding diaryl/α,β-unsaturated/α-hetero) is 3. The number of aryl methyl sites for hydroxylation is 1. The molecule has 0 atom stereocenters. The number of halogens is 1. The van der Waals surface area contributed by atoms with Crippen LogP contribution < -0.4 is 5.56 Å². The zero-order valence-corrected chi connectivity index (χ0v) is 14.1. The first-order valence-electron chi connectivity index (χ1n) is 7.29. The Bertz CT molecular complexity index is 897. The van der Waals surface area contributed by atoms with E-state index in [2.05, 4.69) is 15.9 Å². The molecule has 0 N–H and O–H groups in total. The van der Waals surface area contributed by atoms with Crippen molar-refractivity contribution >= 4 is 44.2 Å². The van der Waals surface area contributed by atoms with Crippen LogP contribution in [0.2, 0.25) is 0 Å². The first-order valence-corrected chi connectivity index (χ1v) is 8.08. The first-order chi connectivity index (χ1) is 10.9. The van der Waals surface area contributed by atoms with Crippen LogP contribution in [0, 0.1) is 5.92 Å². The molecule has 0 spiro atoms. The molecule has 2 aromatic rings. The SMILES string of the molecule is Cn1c(=O)c(C(=O)C2C(=O)CCCC2=O)cc2ccc(Br)cc21. The second-order valence-electron chi connectivity index (χ2n) is 5.71. The van der Waals surface area contributed by atoms with Gasteiger partial charge in [0.2, 0.25) is 0 Å². The second kappa shape index (κ2) is 5.85. The second-order valence-corrected chi connectivity index (χ2v) is 6.62. The van der Waals surface area contributed by atoms with Gasteiger partial charge < -0.3 is 4.57 Å². The van der Waals surface area contributed by atoms with Crippen molar-refractivity contribution < 1.29 is 14.4 Å². The minimum atomic E-state index is -1.32. The van der Waals surface area contributed by atoms with Gasteiger partial charge >= 0.3 is 0 Å². The average Bonchev–Trinajstić information content (AvgIpc) is 2.51. The maximum Gasteiger partial charge on any atom is 0.261 e. The lowest BCUT2D eigenvalue weighted by Crippen LogP contribution is -2.38. The molecule has 0 amide bonds. The van der Waals surface area contributed by atoms with Gasteiger partial charge in [0.1, 0.15) is 5.92 Å². The Morgan fingerprint density at radius 1 is 1.13 bits per heavy atom. The molecule has 3 rings (SSSR count). The van der Waals surface area contributed by atoms with Gasteiger partial charge in [-0.25, -0.2) is 0 Å². The number of hydrogen-bond acceptors (Lipinski definition) is 4. The molecule has 1 fully saturated rings. The van der Waals surface area contributed by atoms with Gasteiger partial charge in [-0.15, -0.1) is 0 Å². The fraction of sp³-hybridized carbons (Fsp3) is 0.294. The van der Waals surface area contributed by atoms with Crippen LogP contribution in [0.5, 0.6) is 0 Å². The van der Waals surface area contributed by atoms with Gasteiger partial charge in [0, 0.05) is 24.4 Å². The van der Waals surface area contributed by atoms with Crippen molar-refractivity contribution in [3.8, 4) is 0 Å². The highest BCUT2D eigenvalue weighted by molar-refractivity contribution is 9.10. The minimum absolute atomic E-state index is 0.101. The third kappa shape index (κ3) is 2.67. The number of aromatic nitrogens is 1. The van der Waals surface area contributed by atoms with E-state index >= 15 is 0 Å². The van der Waals surface area contributed by atoms with Crippen molar-refractivity contribution in [1.82, 2.24) is 4.57 Å². The number of carbonyl (C=O) groups is 3. The van der Waals surface area contributed by atoms with Crippen LogP contribution >= 0.6 is 15.9 Å². The summed E-state index contributed by atoms with van der Waals surface area (Å²) in [7, 11) is 1.57. The molecule has 118 valence electrons. The number of hydrogen-bond donors (Lipinski definition) is 0. The third-order valence-electron chi connectivity index (χ3n) is 4.21. The van der Waals surface area contributed by atoms with Gasteiger partial charge in [-0.3, -0.25) is 19.2 Å². The van der Waals surface area contributed by atoms with E-state index < -0.39 is 17.3 Å². The molecule has 0 aliphatic heterocycles. The van der Waals surface area contributed by atoms with Crippen LogP contribution in [0.25, 0.3) is 10.9 Å². The summed E-state index contributed by atoms with van der Waals surface area (Å²) in [5.74, 6) is -2.76. The van der Waals surface area contributed by atoms with E-state index in [0.717, 1.165) is 4.47 Å². The Kier molecular flexibility index (Phi) is 4.02.